The van der Waals surface area contributed by atoms with Crippen LogP contribution in [0.2, 0.25) is 5.02 Å². The fourth-order valence-corrected chi connectivity index (χ4v) is 4.62. The van der Waals surface area contributed by atoms with Gasteiger partial charge in [-0.2, -0.15) is 10.4 Å². The van der Waals surface area contributed by atoms with Gasteiger partial charge in [0.2, 0.25) is 5.91 Å². The van der Waals surface area contributed by atoms with Gasteiger partial charge in [-0.25, -0.2) is 9.67 Å². The minimum atomic E-state index is 0.0567. The Hall–Kier alpha value is -4.15. The van der Waals surface area contributed by atoms with E-state index in [0.717, 1.165) is 35.5 Å². The van der Waals surface area contributed by atoms with Gasteiger partial charge in [-0.1, -0.05) is 41.9 Å². The quantitative estimate of drug-likeness (QED) is 0.399. The average molecular weight is 497 g/mol. The molecule has 1 aliphatic rings. The number of rotatable bonds is 5. The molecule has 1 fully saturated rings. The van der Waals surface area contributed by atoms with Crippen LogP contribution in [0.5, 0.6) is 0 Å². The Morgan fingerprint density at radius 2 is 1.78 bits per heavy atom. The molecule has 1 aliphatic heterocycles. The molecule has 5 rings (SSSR count). The zero-order valence-corrected chi connectivity index (χ0v) is 20.5. The van der Waals surface area contributed by atoms with Crippen molar-refractivity contribution < 1.29 is 4.79 Å². The fourth-order valence-electron chi connectivity index (χ4n) is 4.49. The summed E-state index contributed by atoms with van der Waals surface area (Å²) in [5.41, 5.74) is 4.04. The second-order valence-corrected chi connectivity index (χ2v) is 9.11. The Morgan fingerprint density at radius 3 is 2.56 bits per heavy atom. The van der Waals surface area contributed by atoms with E-state index in [1.165, 1.54) is 0 Å². The highest BCUT2D eigenvalue weighted by atomic mass is 35.5. The van der Waals surface area contributed by atoms with E-state index in [2.05, 4.69) is 16.0 Å². The number of benzene rings is 2. The molecule has 0 radical (unpaired) electrons. The van der Waals surface area contributed by atoms with E-state index in [4.69, 9.17) is 16.7 Å². The van der Waals surface area contributed by atoms with Crippen LogP contribution in [0.25, 0.3) is 16.9 Å². The monoisotopic (exact) mass is 496 g/mol. The zero-order valence-electron chi connectivity index (χ0n) is 19.7. The Kier molecular flexibility index (Phi) is 6.96. The van der Waals surface area contributed by atoms with Crippen LogP contribution in [0.3, 0.4) is 0 Å². The summed E-state index contributed by atoms with van der Waals surface area (Å²) in [5, 5.41) is 14.9. The van der Waals surface area contributed by atoms with E-state index in [1.807, 2.05) is 70.4 Å². The topological polar surface area (TPSA) is 78.0 Å². The number of pyridine rings is 1. The first-order chi connectivity index (χ1) is 17.6. The maximum Gasteiger partial charge on any atom is 0.227 e. The normalized spacial score (nSPS) is 13.8. The van der Waals surface area contributed by atoms with Crippen LogP contribution in [0, 0.1) is 11.3 Å². The standard InChI is InChI=1S/C28H25ClN6O/c29-24-11-9-21(10-12-24)27-23(20-35(32-27)25-7-2-1-3-8-25)18-26(36)33-14-5-15-34(17-16-33)28-22(19-30)6-4-13-31-28/h1-4,6-13,20H,5,14-18H2. The third-order valence-corrected chi connectivity index (χ3v) is 6.58. The van der Waals surface area contributed by atoms with Crippen molar-refractivity contribution in [2.45, 2.75) is 12.8 Å². The number of amides is 1. The van der Waals surface area contributed by atoms with Crippen LogP contribution >= 0.6 is 11.6 Å². The number of carbonyl (C=O) groups is 1. The van der Waals surface area contributed by atoms with Gasteiger partial charge in [-0.15, -0.1) is 0 Å². The summed E-state index contributed by atoms with van der Waals surface area (Å²) in [4.78, 5) is 21.9. The van der Waals surface area contributed by atoms with Crippen LogP contribution in [-0.2, 0) is 11.2 Å². The van der Waals surface area contributed by atoms with Crippen LogP contribution in [-0.4, -0.2) is 51.8 Å². The Bertz CT molecular complexity index is 1390. The number of aromatic nitrogens is 3. The summed E-state index contributed by atoms with van der Waals surface area (Å²) in [5.74, 6) is 0.740. The van der Waals surface area contributed by atoms with E-state index < -0.39 is 0 Å². The summed E-state index contributed by atoms with van der Waals surface area (Å²) in [6.45, 7) is 2.61. The predicted molar refractivity (Wildman–Crippen MR) is 140 cm³/mol. The van der Waals surface area contributed by atoms with Crippen molar-refractivity contribution in [1.82, 2.24) is 19.7 Å². The Morgan fingerprint density at radius 1 is 0.972 bits per heavy atom. The molecule has 4 aromatic rings. The minimum Gasteiger partial charge on any atom is -0.354 e. The molecule has 3 heterocycles. The number of nitrogens with zero attached hydrogens (tertiary/aromatic N) is 6. The van der Waals surface area contributed by atoms with Crippen LogP contribution in [0.15, 0.2) is 79.1 Å². The molecule has 0 N–H and O–H groups in total. The van der Waals surface area contributed by atoms with E-state index in [1.54, 1.807) is 18.3 Å². The molecule has 0 bridgehead atoms. The first kappa shape index (κ1) is 23.6. The number of hydrogen-bond acceptors (Lipinski definition) is 5. The molecule has 0 aliphatic carbocycles. The lowest BCUT2D eigenvalue weighted by molar-refractivity contribution is -0.130. The highest BCUT2D eigenvalue weighted by Gasteiger charge is 2.23. The molecule has 0 atom stereocenters. The third-order valence-electron chi connectivity index (χ3n) is 6.33. The SMILES string of the molecule is N#Cc1cccnc1N1CCCN(C(=O)Cc2cn(-c3ccccc3)nc2-c2ccc(Cl)cc2)CC1. The third kappa shape index (κ3) is 5.09. The molecular formula is C28H25ClN6O. The Labute approximate surface area is 215 Å². The summed E-state index contributed by atoms with van der Waals surface area (Å²) in [6.07, 6.45) is 4.69. The molecule has 0 spiro atoms. The minimum absolute atomic E-state index is 0.0567. The number of carbonyl (C=O) groups excluding carboxylic acids is 1. The number of para-hydroxylation sites is 1. The number of hydrogen-bond donors (Lipinski definition) is 0. The molecule has 180 valence electrons. The van der Waals surface area contributed by atoms with Gasteiger partial charge in [0, 0.05) is 54.7 Å². The fraction of sp³-hybridized carbons (Fsp3) is 0.214. The van der Waals surface area contributed by atoms with Crippen molar-refractivity contribution in [2.75, 3.05) is 31.1 Å². The van der Waals surface area contributed by atoms with Crippen molar-refractivity contribution in [2.24, 2.45) is 0 Å². The van der Waals surface area contributed by atoms with Crippen LogP contribution in [0.4, 0.5) is 5.82 Å². The number of halogens is 1. The number of nitriles is 1. The first-order valence-electron chi connectivity index (χ1n) is 11.9. The molecule has 36 heavy (non-hydrogen) atoms. The summed E-state index contributed by atoms with van der Waals surface area (Å²) < 4.78 is 1.82. The van der Waals surface area contributed by atoms with Crippen LogP contribution in [0.1, 0.15) is 17.5 Å². The zero-order chi connectivity index (χ0) is 24.9. The summed E-state index contributed by atoms with van der Waals surface area (Å²) in [6, 6.07) is 23.2. The van der Waals surface area contributed by atoms with E-state index in [0.29, 0.717) is 36.0 Å². The Balaban J connectivity index is 1.37. The molecule has 1 saturated heterocycles. The van der Waals surface area contributed by atoms with Gasteiger partial charge in [0.1, 0.15) is 11.9 Å². The molecule has 0 saturated carbocycles. The lowest BCUT2D eigenvalue weighted by Gasteiger charge is -2.23. The summed E-state index contributed by atoms with van der Waals surface area (Å²) in [7, 11) is 0. The maximum atomic E-state index is 13.5. The van der Waals surface area contributed by atoms with Crippen molar-refractivity contribution in [3.05, 3.63) is 95.3 Å². The first-order valence-corrected chi connectivity index (χ1v) is 12.3. The molecule has 7 nitrogen and oxygen atoms in total. The lowest BCUT2D eigenvalue weighted by atomic mass is 10.1. The van der Waals surface area contributed by atoms with Gasteiger partial charge in [-0.3, -0.25) is 4.79 Å². The van der Waals surface area contributed by atoms with E-state index in [-0.39, 0.29) is 12.3 Å². The average Bonchev–Trinajstić information content (AvgIpc) is 3.17. The van der Waals surface area contributed by atoms with Gasteiger partial charge in [0.25, 0.3) is 0 Å². The largest absolute Gasteiger partial charge is 0.354 e. The van der Waals surface area contributed by atoms with Gasteiger partial charge < -0.3 is 9.80 Å². The maximum absolute atomic E-state index is 13.5. The van der Waals surface area contributed by atoms with Crippen LogP contribution < -0.4 is 4.90 Å². The van der Waals surface area contributed by atoms with Crippen molar-refractivity contribution >= 4 is 23.3 Å². The second-order valence-electron chi connectivity index (χ2n) is 8.67. The predicted octanol–water partition coefficient (Wildman–Crippen LogP) is 4.74. The molecular weight excluding hydrogens is 472 g/mol. The molecule has 0 unspecified atom stereocenters. The van der Waals surface area contributed by atoms with Crippen molar-refractivity contribution in [1.29, 1.82) is 5.26 Å². The molecule has 1 amide bonds. The second kappa shape index (κ2) is 10.6. The van der Waals surface area contributed by atoms with Gasteiger partial charge >= 0.3 is 0 Å². The van der Waals surface area contributed by atoms with Crippen molar-refractivity contribution in [3.8, 4) is 23.0 Å². The summed E-state index contributed by atoms with van der Waals surface area (Å²) >= 11 is 6.10. The molecule has 2 aromatic heterocycles. The molecule has 2 aromatic carbocycles. The van der Waals surface area contributed by atoms with Crippen molar-refractivity contribution in [3.63, 3.8) is 0 Å². The number of anilines is 1. The van der Waals surface area contributed by atoms with E-state index in [9.17, 15) is 10.1 Å². The van der Waals surface area contributed by atoms with Gasteiger partial charge in [0.05, 0.1) is 23.4 Å². The van der Waals surface area contributed by atoms with E-state index >= 15 is 0 Å². The molecule has 8 heteroatoms. The van der Waals surface area contributed by atoms with Gasteiger partial charge in [-0.05, 0) is 42.8 Å². The lowest BCUT2D eigenvalue weighted by Crippen LogP contribution is -2.36. The smallest absolute Gasteiger partial charge is 0.227 e. The highest BCUT2D eigenvalue weighted by molar-refractivity contribution is 6.30. The van der Waals surface area contributed by atoms with Gasteiger partial charge in [0.15, 0.2) is 0 Å². The highest BCUT2D eigenvalue weighted by Crippen LogP contribution is 2.26.